The molecule has 0 radical (unpaired) electrons. The highest BCUT2D eigenvalue weighted by Gasteiger charge is 2.11. The third-order valence-corrected chi connectivity index (χ3v) is 3.28. The van der Waals surface area contributed by atoms with Crippen LogP contribution in [0.5, 0.6) is 11.6 Å². The second-order valence-corrected chi connectivity index (χ2v) is 4.78. The van der Waals surface area contributed by atoms with E-state index in [0.29, 0.717) is 11.1 Å². The zero-order valence-corrected chi connectivity index (χ0v) is 11.5. The SMILES string of the molecule is Fc1ccc(Oc2nnc(Cl)c3ccccc23)c(Cl)c1. The Kier molecular flexibility index (Phi) is 3.42. The molecule has 0 unspecified atom stereocenters. The Morgan fingerprint density at radius 1 is 0.950 bits per heavy atom. The van der Waals surface area contributed by atoms with Crippen molar-refractivity contribution in [1.29, 1.82) is 0 Å². The van der Waals surface area contributed by atoms with Crippen LogP contribution in [-0.2, 0) is 0 Å². The zero-order chi connectivity index (χ0) is 14.1. The average Bonchev–Trinajstić information content (AvgIpc) is 2.45. The second kappa shape index (κ2) is 5.23. The van der Waals surface area contributed by atoms with Crippen LogP contribution in [0, 0.1) is 5.82 Å². The van der Waals surface area contributed by atoms with Gasteiger partial charge in [0.15, 0.2) is 5.15 Å². The van der Waals surface area contributed by atoms with Crippen molar-refractivity contribution in [2.75, 3.05) is 0 Å². The summed E-state index contributed by atoms with van der Waals surface area (Å²) in [5, 5.41) is 9.60. The molecule has 3 nitrogen and oxygen atoms in total. The van der Waals surface area contributed by atoms with Gasteiger partial charge in [0.2, 0.25) is 5.88 Å². The van der Waals surface area contributed by atoms with Crippen LogP contribution in [0.4, 0.5) is 4.39 Å². The Morgan fingerprint density at radius 2 is 1.70 bits per heavy atom. The van der Waals surface area contributed by atoms with E-state index in [1.54, 1.807) is 0 Å². The molecule has 100 valence electrons. The van der Waals surface area contributed by atoms with Crippen molar-refractivity contribution in [3.63, 3.8) is 0 Å². The zero-order valence-electron chi connectivity index (χ0n) is 9.98. The van der Waals surface area contributed by atoms with Gasteiger partial charge < -0.3 is 4.74 Å². The van der Waals surface area contributed by atoms with E-state index in [-0.39, 0.29) is 16.1 Å². The topological polar surface area (TPSA) is 35.0 Å². The third kappa shape index (κ3) is 2.40. The van der Waals surface area contributed by atoms with Crippen LogP contribution in [0.3, 0.4) is 0 Å². The van der Waals surface area contributed by atoms with Crippen molar-refractivity contribution in [2.24, 2.45) is 0 Å². The molecule has 0 aliphatic carbocycles. The van der Waals surface area contributed by atoms with E-state index >= 15 is 0 Å². The molecule has 2 aromatic carbocycles. The lowest BCUT2D eigenvalue weighted by atomic mass is 10.2. The maximum atomic E-state index is 13.0. The van der Waals surface area contributed by atoms with E-state index in [4.69, 9.17) is 27.9 Å². The van der Waals surface area contributed by atoms with Gasteiger partial charge in [-0.2, -0.15) is 0 Å². The summed E-state index contributed by atoms with van der Waals surface area (Å²) in [6, 6.07) is 11.1. The molecule has 3 rings (SSSR count). The largest absolute Gasteiger partial charge is 0.435 e. The van der Waals surface area contributed by atoms with E-state index in [1.165, 1.54) is 18.2 Å². The first-order chi connectivity index (χ1) is 9.65. The van der Waals surface area contributed by atoms with Crippen molar-refractivity contribution in [3.05, 3.63) is 58.5 Å². The highest BCUT2D eigenvalue weighted by molar-refractivity contribution is 6.34. The van der Waals surface area contributed by atoms with Gasteiger partial charge in [-0.1, -0.05) is 41.4 Å². The number of aromatic nitrogens is 2. The minimum Gasteiger partial charge on any atom is -0.435 e. The summed E-state index contributed by atoms with van der Waals surface area (Å²) in [6.45, 7) is 0. The minimum atomic E-state index is -0.436. The van der Waals surface area contributed by atoms with Gasteiger partial charge in [0, 0.05) is 10.8 Å². The van der Waals surface area contributed by atoms with Gasteiger partial charge in [-0.25, -0.2) is 4.39 Å². The van der Waals surface area contributed by atoms with Crippen LogP contribution in [-0.4, -0.2) is 10.2 Å². The first-order valence-corrected chi connectivity index (χ1v) is 6.44. The molecule has 0 saturated carbocycles. The Hall–Kier alpha value is -1.91. The van der Waals surface area contributed by atoms with Gasteiger partial charge >= 0.3 is 0 Å². The summed E-state index contributed by atoms with van der Waals surface area (Å²) in [5.74, 6) is 0.128. The van der Waals surface area contributed by atoms with E-state index in [9.17, 15) is 4.39 Å². The van der Waals surface area contributed by atoms with Crippen LogP contribution < -0.4 is 4.74 Å². The number of hydrogen-bond donors (Lipinski definition) is 0. The van der Waals surface area contributed by atoms with Crippen molar-refractivity contribution >= 4 is 34.0 Å². The van der Waals surface area contributed by atoms with E-state index in [2.05, 4.69) is 10.2 Å². The molecule has 1 heterocycles. The summed E-state index contributed by atoms with van der Waals surface area (Å²) < 4.78 is 18.6. The van der Waals surface area contributed by atoms with Crippen molar-refractivity contribution in [3.8, 4) is 11.6 Å². The molecule has 20 heavy (non-hydrogen) atoms. The normalized spacial score (nSPS) is 10.8. The fourth-order valence-electron chi connectivity index (χ4n) is 1.78. The lowest BCUT2D eigenvalue weighted by Crippen LogP contribution is -1.94. The van der Waals surface area contributed by atoms with Gasteiger partial charge in [0.25, 0.3) is 0 Å². The molecule has 1 aromatic heterocycles. The van der Waals surface area contributed by atoms with Crippen LogP contribution in [0.25, 0.3) is 10.8 Å². The van der Waals surface area contributed by atoms with Gasteiger partial charge in [-0.05, 0) is 24.3 Å². The van der Waals surface area contributed by atoms with Gasteiger partial charge in [0.05, 0.1) is 5.02 Å². The average molecular weight is 309 g/mol. The molecule has 6 heteroatoms. The third-order valence-electron chi connectivity index (χ3n) is 2.71. The van der Waals surface area contributed by atoms with Crippen LogP contribution in [0.15, 0.2) is 42.5 Å². The summed E-state index contributed by atoms with van der Waals surface area (Å²) in [5.41, 5.74) is 0. The van der Waals surface area contributed by atoms with Gasteiger partial charge in [-0.15, -0.1) is 10.2 Å². The second-order valence-electron chi connectivity index (χ2n) is 4.02. The summed E-state index contributed by atoms with van der Waals surface area (Å²) in [4.78, 5) is 0. The molecule has 0 amide bonds. The van der Waals surface area contributed by atoms with E-state index in [1.807, 2.05) is 24.3 Å². The number of hydrogen-bond acceptors (Lipinski definition) is 3. The van der Waals surface area contributed by atoms with Crippen molar-refractivity contribution < 1.29 is 9.13 Å². The Morgan fingerprint density at radius 3 is 2.45 bits per heavy atom. The number of ether oxygens (including phenoxy) is 1. The lowest BCUT2D eigenvalue weighted by Gasteiger charge is -2.09. The fourth-order valence-corrected chi connectivity index (χ4v) is 2.19. The summed E-state index contributed by atoms with van der Waals surface area (Å²) >= 11 is 11.9. The van der Waals surface area contributed by atoms with Crippen molar-refractivity contribution in [1.82, 2.24) is 10.2 Å². The Labute approximate surface area is 123 Å². The lowest BCUT2D eigenvalue weighted by molar-refractivity contribution is 0.460. The van der Waals surface area contributed by atoms with E-state index in [0.717, 1.165) is 5.39 Å². The molecule has 0 aliphatic rings. The molecule has 0 N–H and O–H groups in total. The summed E-state index contributed by atoms with van der Waals surface area (Å²) in [7, 11) is 0. The fraction of sp³-hybridized carbons (Fsp3) is 0. The number of halogens is 3. The maximum absolute atomic E-state index is 13.0. The number of benzene rings is 2. The predicted octanol–water partition coefficient (Wildman–Crippen LogP) is 4.87. The standard InChI is InChI=1S/C14H7Cl2FN2O/c15-11-7-8(17)5-6-12(11)20-14-10-4-2-1-3-9(10)13(16)18-19-14/h1-7H. The maximum Gasteiger partial charge on any atom is 0.246 e. The molecular formula is C14H7Cl2FN2O. The number of rotatable bonds is 2. The molecule has 0 fully saturated rings. The van der Waals surface area contributed by atoms with Crippen LogP contribution in [0.2, 0.25) is 10.2 Å². The van der Waals surface area contributed by atoms with Crippen LogP contribution in [0.1, 0.15) is 0 Å². The molecule has 0 atom stereocenters. The smallest absolute Gasteiger partial charge is 0.246 e. The van der Waals surface area contributed by atoms with Crippen molar-refractivity contribution in [2.45, 2.75) is 0 Å². The summed E-state index contributed by atoms with van der Waals surface area (Å²) in [6.07, 6.45) is 0. The van der Waals surface area contributed by atoms with Gasteiger partial charge in [0.1, 0.15) is 11.6 Å². The first-order valence-electron chi connectivity index (χ1n) is 5.69. The molecule has 0 bridgehead atoms. The molecule has 0 aliphatic heterocycles. The van der Waals surface area contributed by atoms with Gasteiger partial charge in [-0.3, -0.25) is 0 Å². The van der Waals surface area contributed by atoms with E-state index < -0.39 is 5.82 Å². The minimum absolute atomic E-state index is 0.158. The monoisotopic (exact) mass is 308 g/mol. The molecule has 0 spiro atoms. The number of fused-ring (bicyclic) bond motifs is 1. The predicted molar refractivity (Wildman–Crippen MR) is 76.0 cm³/mol. The Balaban J connectivity index is 2.09. The highest BCUT2D eigenvalue weighted by atomic mass is 35.5. The molecule has 0 saturated heterocycles. The first kappa shape index (κ1) is 13.1. The molecular weight excluding hydrogens is 302 g/mol. The Bertz CT molecular complexity index is 795. The highest BCUT2D eigenvalue weighted by Crippen LogP contribution is 2.33. The molecule has 3 aromatic rings. The quantitative estimate of drug-likeness (QED) is 0.677. The number of nitrogens with zero attached hydrogens (tertiary/aromatic N) is 2. The van der Waals surface area contributed by atoms with Crippen LogP contribution >= 0.6 is 23.2 Å².